The third kappa shape index (κ3) is 3.68. The van der Waals surface area contributed by atoms with Crippen LogP contribution in [-0.4, -0.2) is 41.5 Å². The standard InChI is InChI=1S/C13H14ClFN2O3/c14-10-5-9(15)1-2-11(10)16-12(18)7-17-4-3-8(6-17)13(19)20/h1-2,5,8H,3-4,6-7H2,(H,16,18)(H,19,20). The number of nitrogens with zero attached hydrogens (tertiary/aromatic N) is 1. The summed E-state index contributed by atoms with van der Waals surface area (Å²) in [6.07, 6.45) is 0.542. The van der Waals surface area contributed by atoms with Crippen LogP contribution in [0.25, 0.3) is 0 Å². The number of nitrogens with one attached hydrogen (secondary N) is 1. The predicted octanol–water partition coefficient (Wildman–Crippen LogP) is 1.82. The molecule has 0 radical (unpaired) electrons. The number of carbonyl (C=O) groups is 2. The molecule has 2 N–H and O–H groups in total. The van der Waals surface area contributed by atoms with Crippen LogP contribution in [0.15, 0.2) is 18.2 Å². The Bertz CT molecular complexity index is 538. The monoisotopic (exact) mass is 300 g/mol. The third-order valence-corrected chi connectivity index (χ3v) is 3.51. The van der Waals surface area contributed by atoms with Crippen LogP contribution in [0.3, 0.4) is 0 Å². The first-order valence-corrected chi connectivity index (χ1v) is 6.53. The Kier molecular flexibility index (Phi) is 4.57. The van der Waals surface area contributed by atoms with Crippen LogP contribution >= 0.6 is 11.6 Å². The van der Waals surface area contributed by atoms with Crippen LogP contribution < -0.4 is 5.32 Å². The average molecular weight is 301 g/mol. The highest BCUT2D eigenvalue weighted by Crippen LogP contribution is 2.22. The molecule has 1 aliphatic rings. The summed E-state index contributed by atoms with van der Waals surface area (Å²) in [5.41, 5.74) is 0.340. The molecule has 0 bridgehead atoms. The average Bonchev–Trinajstić information content (AvgIpc) is 2.81. The maximum Gasteiger partial charge on any atom is 0.307 e. The molecule has 0 aromatic heterocycles. The highest BCUT2D eigenvalue weighted by Gasteiger charge is 2.28. The molecule has 1 saturated heterocycles. The molecule has 0 spiro atoms. The second kappa shape index (κ2) is 6.19. The third-order valence-electron chi connectivity index (χ3n) is 3.19. The molecule has 1 fully saturated rings. The number of anilines is 1. The highest BCUT2D eigenvalue weighted by molar-refractivity contribution is 6.33. The Morgan fingerprint density at radius 2 is 2.25 bits per heavy atom. The van der Waals surface area contributed by atoms with Gasteiger partial charge in [-0.05, 0) is 31.2 Å². The summed E-state index contributed by atoms with van der Waals surface area (Å²) in [6, 6.07) is 3.71. The molecule has 2 rings (SSSR count). The van der Waals surface area contributed by atoms with Gasteiger partial charge in [0.1, 0.15) is 5.82 Å². The number of rotatable bonds is 4. The minimum atomic E-state index is -0.838. The van der Waals surface area contributed by atoms with E-state index in [0.717, 1.165) is 6.07 Å². The maximum atomic E-state index is 12.9. The lowest BCUT2D eigenvalue weighted by molar-refractivity contribution is -0.141. The molecule has 1 unspecified atom stereocenters. The molecule has 1 aromatic carbocycles. The van der Waals surface area contributed by atoms with Crippen molar-refractivity contribution in [3.8, 4) is 0 Å². The number of carboxylic acids is 1. The molecule has 1 amide bonds. The van der Waals surface area contributed by atoms with E-state index in [4.69, 9.17) is 16.7 Å². The summed E-state index contributed by atoms with van der Waals surface area (Å²) < 4.78 is 12.9. The van der Waals surface area contributed by atoms with Gasteiger partial charge in [0.15, 0.2) is 0 Å². The van der Waals surface area contributed by atoms with Crippen molar-refractivity contribution in [3.05, 3.63) is 29.0 Å². The fourth-order valence-electron chi connectivity index (χ4n) is 2.16. The molecule has 0 saturated carbocycles. The van der Waals surface area contributed by atoms with E-state index >= 15 is 0 Å². The lowest BCUT2D eigenvalue weighted by Crippen LogP contribution is -2.32. The van der Waals surface area contributed by atoms with Crippen LogP contribution in [0, 0.1) is 11.7 Å². The molecule has 0 aliphatic carbocycles. The molecule has 5 nitrogen and oxygen atoms in total. The Morgan fingerprint density at radius 1 is 1.50 bits per heavy atom. The van der Waals surface area contributed by atoms with Gasteiger partial charge >= 0.3 is 5.97 Å². The lowest BCUT2D eigenvalue weighted by atomic mass is 10.1. The van der Waals surface area contributed by atoms with Gasteiger partial charge in [0, 0.05) is 6.54 Å². The van der Waals surface area contributed by atoms with Gasteiger partial charge in [-0.15, -0.1) is 0 Å². The van der Waals surface area contributed by atoms with E-state index in [-0.39, 0.29) is 17.5 Å². The van der Waals surface area contributed by atoms with Crippen LogP contribution in [0.4, 0.5) is 10.1 Å². The van der Waals surface area contributed by atoms with Crippen molar-refractivity contribution >= 4 is 29.2 Å². The summed E-state index contributed by atoms with van der Waals surface area (Å²) in [6.45, 7) is 1.03. The number of benzene rings is 1. The van der Waals surface area contributed by atoms with Crippen molar-refractivity contribution in [3.63, 3.8) is 0 Å². The number of hydrogen-bond donors (Lipinski definition) is 2. The largest absolute Gasteiger partial charge is 0.481 e. The molecule has 1 aromatic rings. The van der Waals surface area contributed by atoms with E-state index in [1.165, 1.54) is 12.1 Å². The first kappa shape index (κ1) is 14.7. The van der Waals surface area contributed by atoms with Gasteiger partial charge in [-0.1, -0.05) is 11.6 Å². The Morgan fingerprint density at radius 3 is 2.85 bits per heavy atom. The minimum Gasteiger partial charge on any atom is -0.481 e. The molecule has 108 valence electrons. The fourth-order valence-corrected chi connectivity index (χ4v) is 2.38. The molecule has 20 heavy (non-hydrogen) atoms. The van der Waals surface area contributed by atoms with Crippen LogP contribution in [0.5, 0.6) is 0 Å². The number of carboxylic acid groups (broad SMARTS) is 1. The summed E-state index contributed by atoms with van der Waals surface area (Å²) in [5, 5.41) is 11.6. The lowest BCUT2D eigenvalue weighted by Gasteiger charge is -2.15. The highest BCUT2D eigenvalue weighted by atomic mass is 35.5. The normalized spacial score (nSPS) is 19.0. The van der Waals surface area contributed by atoms with E-state index in [1.807, 2.05) is 0 Å². The van der Waals surface area contributed by atoms with Crippen molar-refractivity contribution in [2.24, 2.45) is 5.92 Å². The Labute approximate surface area is 120 Å². The first-order valence-electron chi connectivity index (χ1n) is 6.16. The van der Waals surface area contributed by atoms with Gasteiger partial charge in [0.25, 0.3) is 0 Å². The van der Waals surface area contributed by atoms with Crippen LogP contribution in [0.1, 0.15) is 6.42 Å². The minimum absolute atomic E-state index is 0.0947. The SMILES string of the molecule is O=C(CN1CCC(C(=O)O)C1)Nc1ccc(F)cc1Cl. The molecule has 1 heterocycles. The van der Waals surface area contributed by atoms with E-state index < -0.39 is 17.7 Å². The summed E-state index contributed by atoms with van der Waals surface area (Å²) in [5.74, 6) is -2.03. The fraction of sp³-hybridized carbons (Fsp3) is 0.385. The van der Waals surface area contributed by atoms with Gasteiger partial charge in [0.2, 0.25) is 5.91 Å². The number of likely N-dealkylation sites (tertiary alicyclic amines) is 1. The van der Waals surface area contributed by atoms with Crippen molar-refractivity contribution in [2.75, 3.05) is 25.0 Å². The van der Waals surface area contributed by atoms with Gasteiger partial charge in [-0.2, -0.15) is 0 Å². The Hall–Kier alpha value is -1.66. The van der Waals surface area contributed by atoms with Gasteiger partial charge in [0.05, 0.1) is 23.2 Å². The van der Waals surface area contributed by atoms with E-state index in [2.05, 4.69) is 5.32 Å². The second-order valence-corrected chi connectivity index (χ2v) is 5.14. The second-order valence-electron chi connectivity index (χ2n) is 4.73. The smallest absolute Gasteiger partial charge is 0.307 e. The zero-order valence-corrected chi connectivity index (χ0v) is 11.4. The molecular weight excluding hydrogens is 287 g/mol. The zero-order valence-electron chi connectivity index (χ0n) is 10.6. The maximum absolute atomic E-state index is 12.9. The van der Waals surface area contributed by atoms with E-state index in [1.54, 1.807) is 4.90 Å². The topological polar surface area (TPSA) is 69.6 Å². The van der Waals surface area contributed by atoms with E-state index in [0.29, 0.717) is 25.2 Å². The van der Waals surface area contributed by atoms with Crippen molar-refractivity contribution < 1.29 is 19.1 Å². The summed E-state index contributed by atoms with van der Waals surface area (Å²) in [4.78, 5) is 24.4. The quantitative estimate of drug-likeness (QED) is 0.890. The summed E-state index contributed by atoms with van der Waals surface area (Å²) >= 11 is 5.81. The van der Waals surface area contributed by atoms with Crippen molar-refractivity contribution in [1.29, 1.82) is 0 Å². The predicted molar refractivity (Wildman–Crippen MR) is 72.2 cm³/mol. The van der Waals surface area contributed by atoms with Gasteiger partial charge in [-0.3, -0.25) is 14.5 Å². The number of aliphatic carboxylic acids is 1. The van der Waals surface area contributed by atoms with E-state index in [9.17, 15) is 14.0 Å². The number of hydrogen-bond acceptors (Lipinski definition) is 3. The molecule has 1 aliphatic heterocycles. The molecular formula is C13H14ClFN2O3. The first-order chi connectivity index (χ1) is 9.45. The molecule has 1 atom stereocenters. The number of amides is 1. The van der Waals surface area contributed by atoms with Crippen LogP contribution in [-0.2, 0) is 9.59 Å². The number of carbonyl (C=O) groups excluding carboxylic acids is 1. The Balaban J connectivity index is 1.88. The van der Waals surface area contributed by atoms with Crippen molar-refractivity contribution in [2.45, 2.75) is 6.42 Å². The zero-order chi connectivity index (χ0) is 14.7. The van der Waals surface area contributed by atoms with Crippen molar-refractivity contribution in [1.82, 2.24) is 4.90 Å². The number of halogens is 2. The van der Waals surface area contributed by atoms with Gasteiger partial charge in [-0.25, -0.2) is 4.39 Å². The van der Waals surface area contributed by atoms with Crippen LogP contribution in [0.2, 0.25) is 5.02 Å². The molecule has 7 heteroatoms. The van der Waals surface area contributed by atoms with Gasteiger partial charge < -0.3 is 10.4 Å². The summed E-state index contributed by atoms with van der Waals surface area (Å²) in [7, 11) is 0.